The summed E-state index contributed by atoms with van der Waals surface area (Å²) in [5.41, 5.74) is 3.90. The van der Waals surface area contributed by atoms with E-state index in [9.17, 15) is 9.59 Å². The molecule has 0 fully saturated rings. The van der Waals surface area contributed by atoms with E-state index in [1.807, 2.05) is 43.5 Å². The average molecular weight is 335 g/mol. The molecule has 0 bridgehead atoms. The zero-order valence-electron chi connectivity index (χ0n) is 14.1. The zero-order chi connectivity index (χ0) is 17.6. The topological polar surface area (TPSA) is 74.0 Å². The lowest BCUT2D eigenvalue weighted by Crippen LogP contribution is -2.37. The molecule has 25 heavy (non-hydrogen) atoms. The van der Waals surface area contributed by atoms with Crippen molar-refractivity contribution in [1.29, 1.82) is 0 Å². The molecule has 2 aromatic carbocycles. The first-order valence-electron chi connectivity index (χ1n) is 8.30. The lowest BCUT2D eigenvalue weighted by atomic mass is 10.1. The fourth-order valence-corrected chi connectivity index (χ4v) is 2.71. The number of carbonyl (C=O) groups is 2. The Morgan fingerprint density at radius 3 is 2.56 bits per heavy atom. The van der Waals surface area contributed by atoms with Crippen molar-refractivity contribution in [3.05, 3.63) is 71.4 Å². The van der Waals surface area contributed by atoms with Crippen LogP contribution in [0.3, 0.4) is 0 Å². The molecule has 2 amide bonds. The Kier molecular flexibility index (Phi) is 5.14. The second kappa shape index (κ2) is 7.66. The number of hydrogen-bond donors (Lipinski definition) is 3. The predicted octanol–water partition coefficient (Wildman–Crippen LogP) is 2.57. The van der Waals surface area contributed by atoms with Gasteiger partial charge in [-0.1, -0.05) is 35.9 Å². The number of amides is 2. The Labute approximate surface area is 146 Å². The first-order chi connectivity index (χ1) is 12.1. The van der Waals surface area contributed by atoms with Crippen molar-refractivity contribution >= 4 is 22.7 Å². The maximum atomic E-state index is 12.0. The van der Waals surface area contributed by atoms with Crippen LogP contribution < -0.4 is 10.6 Å². The van der Waals surface area contributed by atoms with Crippen LogP contribution in [0, 0.1) is 6.92 Å². The van der Waals surface area contributed by atoms with Gasteiger partial charge < -0.3 is 15.6 Å². The van der Waals surface area contributed by atoms with Gasteiger partial charge in [-0.2, -0.15) is 0 Å². The highest BCUT2D eigenvalue weighted by Crippen LogP contribution is 2.17. The van der Waals surface area contributed by atoms with Crippen molar-refractivity contribution < 1.29 is 9.59 Å². The molecule has 0 atom stereocenters. The van der Waals surface area contributed by atoms with Crippen LogP contribution >= 0.6 is 0 Å². The fraction of sp³-hybridized carbons (Fsp3) is 0.200. The van der Waals surface area contributed by atoms with Crippen molar-refractivity contribution in [2.75, 3.05) is 13.1 Å². The lowest BCUT2D eigenvalue weighted by molar-refractivity contribution is -0.120. The third-order valence-corrected chi connectivity index (χ3v) is 4.11. The molecule has 5 nitrogen and oxygen atoms in total. The van der Waals surface area contributed by atoms with Gasteiger partial charge in [-0.3, -0.25) is 9.59 Å². The maximum absolute atomic E-state index is 12.0. The van der Waals surface area contributed by atoms with Gasteiger partial charge in [-0.05, 0) is 37.1 Å². The summed E-state index contributed by atoms with van der Waals surface area (Å²) in [7, 11) is 0. The summed E-state index contributed by atoms with van der Waals surface area (Å²) in [6.45, 7) is 2.46. The van der Waals surface area contributed by atoms with Crippen molar-refractivity contribution in [3.8, 4) is 0 Å². The summed E-state index contributed by atoms with van der Waals surface area (Å²) < 4.78 is 0. The third kappa shape index (κ3) is 4.26. The van der Waals surface area contributed by atoms with E-state index < -0.39 is 0 Å². The summed E-state index contributed by atoms with van der Waals surface area (Å²) in [5.74, 6) is -0.438. The molecule has 128 valence electrons. The van der Waals surface area contributed by atoms with Gasteiger partial charge >= 0.3 is 0 Å². The van der Waals surface area contributed by atoms with E-state index in [0.717, 1.165) is 17.5 Å². The molecular weight excluding hydrogens is 314 g/mol. The number of carbonyl (C=O) groups excluding carboxylic acids is 2. The maximum Gasteiger partial charge on any atom is 0.251 e. The summed E-state index contributed by atoms with van der Waals surface area (Å²) >= 11 is 0. The van der Waals surface area contributed by atoms with Crippen molar-refractivity contribution in [2.24, 2.45) is 0 Å². The largest absolute Gasteiger partial charge is 0.361 e. The summed E-state index contributed by atoms with van der Waals surface area (Å²) in [6.07, 6.45) is 2.71. The van der Waals surface area contributed by atoms with E-state index in [2.05, 4.69) is 21.7 Å². The minimum Gasteiger partial charge on any atom is -0.361 e. The number of benzene rings is 2. The van der Waals surface area contributed by atoms with Crippen LogP contribution in [0.15, 0.2) is 54.7 Å². The van der Waals surface area contributed by atoms with Gasteiger partial charge in [0.25, 0.3) is 5.91 Å². The van der Waals surface area contributed by atoms with Crippen LogP contribution in [0.5, 0.6) is 0 Å². The Morgan fingerprint density at radius 2 is 1.76 bits per heavy atom. The molecule has 0 aliphatic carbocycles. The first-order valence-corrected chi connectivity index (χ1v) is 8.30. The van der Waals surface area contributed by atoms with Gasteiger partial charge in [-0.15, -0.1) is 0 Å². The van der Waals surface area contributed by atoms with Crippen molar-refractivity contribution in [1.82, 2.24) is 15.6 Å². The van der Waals surface area contributed by atoms with Crippen LogP contribution in [0.2, 0.25) is 0 Å². The highest BCUT2D eigenvalue weighted by molar-refractivity contribution is 5.96. The first kappa shape index (κ1) is 16.8. The van der Waals surface area contributed by atoms with Gasteiger partial charge in [0.1, 0.15) is 0 Å². The Balaban J connectivity index is 1.44. The number of fused-ring (bicyclic) bond motifs is 1. The van der Waals surface area contributed by atoms with Crippen LogP contribution in [0.1, 0.15) is 21.5 Å². The number of aryl methyl sites for hydroxylation is 1. The van der Waals surface area contributed by atoms with E-state index in [1.54, 1.807) is 12.1 Å². The van der Waals surface area contributed by atoms with E-state index in [0.29, 0.717) is 12.1 Å². The number of aromatic amines is 1. The Morgan fingerprint density at radius 1 is 1.00 bits per heavy atom. The lowest BCUT2D eigenvalue weighted by Gasteiger charge is -2.07. The third-order valence-electron chi connectivity index (χ3n) is 4.11. The van der Waals surface area contributed by atoms with Crippen LogP contribution in [0.4, 0.5) is 0 Å². The average Bonchev–Trinajstić information content (AvgIpc) is 3.04. The molecule has 3 N–H and O–H groups in total. The van der Waals surface area contributed by atoms with E-state index in [-0.39, 0.29) is 18.4 Å². The molecule has 1 heterocycles. The molecule has 0 spiro atoms. The summed E-state index contributed by atoms with van der Waals surface area (Å²) in [4.78, 5) is 27.1. The number of H-pyrrole nitrogens is 1. The second-order valence-corrected chi connectivity index (χ2v) is 6.01. The molecule has 1 aromatic heterocycles. The molecule has 0 saturated carbocycles. The number of aromatic nitrogens is 1. The highest BCUT2D eigenvalue weighted by Gasteiger charge is 2.08. The summed E-state index contributed by atoms with van der Waals surface area (Å²) in [5, 5.41) is 6.64. The molecule has 0 aliphatic heterocycles. The fourth-order valence-electron chi connectivity index (χ4n) is 2.71. The summed E-state index contributed by atoms with van der Waals surface area (Å²) in [6, 6.07) is 15.3. The minimum absolute atomic E-state index is 0.0272. The van der Waals surface area contributed by atoms with Crippen molar-refractivity contribution in [3.63, 3.8) is 0 Å². The molecule has 0 saturated heterocycles. The zero-order valence-corrected chi connectivity index (χ0v) is 14.1. The smallest absolute Gasteiger partial charge is 0.251 e. The number of para-hydroxylation sites is 1. The monoisotopic (exact) mass is 335 g/mol. The van der Waals surface area contributed by atoms with E-state index in [4.69, 9.17) is 0 Å². The number of rotatable bonds is 6. The van der Waals surface area contributed by atoms with Gasteiger partial charge in [-0.25, -0.2) is 0 Å². The quantitative estimate of drug-likeness (QED) is 0.648. The highest BCUT2D eigenvalue weighted by atomic mass is 16.2. The molecule has 5 heteroatoms. The molecule has 3 aromatic rings. The normalized spacial score (nSPS) is 10.6. The standard InChI is InChI=1S/C20H21N3O2/c1-14-6-8-15(9-7-14)20(25)23-13-19(24)21-11-10-16-12-22-18-5-3-2-4-17(16)18/h2-9,12,22H,10-11,13H2,1H3,(H,21,24)(H,23,25). The number of nitrogens with one attached hydrogen (secondary N) is 3. The van der Waals surface area contributed by atoms with Gasteiger partial charge in [0.05, 0.1) is 6.54 Å². The van der Waals surface area contributed by atoms with Gasteiger partial charge in [0.15, 0.2) is 0 Å². The molecule has 0 aliphatic rings. The van der Waals surface area contributed by atoms with Crippen molar-refractivity contribution in [2.45, 2.75) is 13.3 Å². The van der Waals surface area contributed by atoms with Crippen LogP contribution in [-0.2, 0) is 11.2 Å². The minimum atomic E-state index is -0.244. The molecule has 3 rings (SSSR count). The molecular formula is C20H21N3O2. The van der Waals surface area contributed by atoms with E-state index in [1.165, 1.54) is 10.9 Å². The van der Waals surface area contributed by atoms with Crippen LogP contribution in [-0.4, -0.2) is 29.9 Å². The van der Waals surface area contributed by atoms with E-state index >= 15 is 0 Å². The molecule has 0 unspecified atom stereocenters. The predicted molar refractivity (Wildman–Crippen MR) is 98.5 cm³/mol. The molecule has 0 radical (unpaired) electrons. The Hall–Kier alpha value is -3.08. The van der Waals surface area contributed by atoms with Gasteiger partial charge in [0, 0.05) is 29.2 Å². The number of hydrogen-bond acceptors (Lipinski definition) is 2. The SMILES string of the molecule is Cc1ccc(C(=O)NCC(=O)NCCc2c[nH]c3ccccc23)cc1. The van der Waals surface area contributed by atoms with Gasteiger partial charge in [0.2, 0.25) is 5.91 Å². The van der Waals surface area contributed by atoms with Crippen LogP contribution in [0.25, 0.3) is 10.9 Å². The second-order valence-electron chi connectivity index (χ2n) is 6.01. The Bertz CT molecular complexity index is 881.